The van der Waals surface area contributed by atoms with Crippen LogP contribution in [0.3, 0.4) is 0 Å². The third-order valence-electron chi connectivity index (χ3n) is 5.64. The summed E-state index contributed by atoms with van der Waals surface area (Å²) >= 11 is 7.39. The maximum Gasteiger partial charge on any atom is 0.233 e. The van der Waals surface area contributed by atoms with Crippen LogP contribution in [-0.2, 0) is 4.79 Å². The Morgan fingerprint density at radius 2 is 2.04 bits per heavy atom. The number of hydrogen-bond donors (Lipinski definition) is 1. The Kier molecular flexibility index (Phi) is 5.59. The van der Waals surface area contributed by atoms with Gasteiger partial charge in [0.2, 0.25) is 11.1 Å². The Morgan fingerprint density at radius 3 is 2.89 bits per heavy atom. The summed E-state index contributed by atoms with van der Waals surface area (Å²) in [6.45, 7) is 0.879. The molecule has 0 bridgehead atoms. The first-order chi connectivity index (χ1) is 13.1. The highest BCUT2D eigenvalue weighted by molar-refractivity contribution is 7.99. The second kappa shape index (κ2) is 8.10. The molecular formula is C19H24ClN5OS. The van der Waals surface area contributed by atoms with Crippen LogP contribution >= 0.6 is 23.4 Å². The number of nitrogens with zero attached hydrogens (tertiary/aromatic N) is 4. The molecular weight excluding hydrogens is 382 g/mol. The van der Waals surface area contributed by atoms with Gasteiger partial charge in [-0.25, -0.2) is 4.68 Å². The molecule has 1 aromatic carbocycles. The van der Waals surface area contributed by atoms with Crippen molar-refractivity contribution in [3.8, 4) is 11.4 Å². The molecule has 1 aliphatic carbocycles. The van der Waals surface area contributed by atoms with E-state index in [-0.39, 0.29) is 5.91 Å². The largest absolute Gasteiger partial charge is 0.339 e. The molecule has 2 aromatic rings. The van der Waals surface area contributed by atoms with Crippen LogP contribution in [0.15, 0.2) is 29.4 Å². The van der Waals surface area contributed by atoms with Gasteiger partial charge in [-0.1, -0.05) is 48.3 Å². The van der Waals surface area contributed by atoms with Crippen LogP contribution in [0.2, 0.25) is 5.02 Å². The summed E-state index contributed by atoms with van der Waals surface area (Å²) in [6, 6.07) is 7.76. The van der Waals surface area contributed by atoms with E-state index in [9.17, 15) is 4.79 Å². The minimum atomic E-state index is 0.184. The Labute approximate surface area is 168 Å². The highest BCUT2D eigenvalue weighted by atomic mass is 35.5. The number of nitrogen functional groups attached to an aromatic ring is 1. The van der Waals surface area contributed by atoms with E-state index >= 15 is 0 Å². The van der Waals surface area contributed by atoms with Crippen molar-refractivity contribution < 1.29 is 4.79 Å². The van der Waals surface area contributed by atoms with Crippen molar-refractivity contribution in [3.05, 3.63) is 29.3 Å². The number of likely N-dealkylation sites (tertiary alicyclic amines) is 1. The number of nitrogens with two attached hydrogens (primary N) is 1. The number of carbonyl (C=O) groups is 1. The standard InChI is InChI=1S/C19H24ClN5OS/c20-15-8-3-6-14(11-15)18-22-23-19(25(18)21)27-12-17(26)24-10-4-7-13-5-1-2-9-16(13)24/h3,6,8,11,13,16H,1-2,4-5,7,9-10,12,21H2/t13-,16+/m1/s1. The molecule has 27 heavy (non-hydrogen) atoms. The van der Waals surface area contributed by atoms with Gasteiger partial charge in [-0.15, -0.1) is 10.2 Å². The molecule has 2 N–H and O–H groups in total. The average molecular weight is 406 g/mol. The van der Waals surface area contributed by atoms with Crippen LogP contribution in [0.25, 0.3) is 11.4 Å². The molecule has 2 aliphatic rings. The molecule has 2 heterocycles. The first kappa shape index (κ1) is 18.6. The SMILES string of the molecule is Nn1c(SCC(=O)N2CCC[C@H]3CCCC[C@@H]32)nnc1-c1cccc(Cl)c1. The molecule has 4 rings (SSSR count). The topological polar surface area (TPSA) is 77.0 Å². The number of piperidine rings is 1. The van der Waals surface area contributed by atoms with Crippen molar-refractivity contribution in [3.63, 3.8) is 0 Å². The average Bonchev–Trinajstić information content (AvgIpc) is 3.06. The van der Waals surface area contributed by atoms with Gasteiger partial charge in [-0.3, -0.25) is 4.79 Å². The van der Waals surface area contributed by atoms with Crippen LogP contribution in [0, 0.1) is 5.92 Å². The summed E-state index contributed by atoms with van der Waals surface area (Å²) in [5.74, 6) is 7.91. The highest BCUT2D eigenvalue weighted by Crippen LogP contribution is 2.35. The second-order valence-electron chi connectivity index (χ2n) is 7.32. The molecule has 1 amide bonds. The minimum Gasteiger partial charge on any atom is -0.339 e. The lowest BCUT2D eigenvalue weighted by Gasteiger charge is -2.44. The molecule has 2 atom stereocenters. The van der Waals surface area contributed by atoms with E-state index < -0.39 is 0 Å². The number of thioether (sulfide) groups is 1. The number of halogens is 1. The lowest BCUT2D eigenvalue weighted by molar-refractivity contribution is -0.134. The zero-order valence-corrected chi connectivity index (χ0v) is 16.8. The summed E-state index contributed by atoms with van der Waals surface area (Å²) in [5.41, 5.74) is 0.803. The zero-order chi connectivity index (χ0) is 18.8. The van der Waals surface area contributed by atoms with E-state index in [0.717, 1.165) is 24.9 Å². The molecule has 1 aromatic heterocycles. The fourth-order valence-electron chi connectivity index (χ4n) is 4.34. The third kappa shape index (κ3) is 3.94. The van der Waals surface area contributed by atoms with Crippen molar-refractivity contribution in [2.75, 3.05) is 18.1 Å². The van der Waals surface area contributed by atoms with Crippen LogP contribution in [-0.4, -0.2) is 44.0 Å². The third-order valence-corrected chi connectivity index (χ3v) is 6.80. The predicted octanol–water partition coefficient (Wildman–Crippen LogP) is 3.59. The fourth-order valence-corrected chi connectivity index (χ4v) is 5.28. The Bertz CT molecular complexity index is 824. The molecule has 0 radical (unpaired) electrons. The molecule has 1 saturated heterocycles. The number of hydrogen-bond acceptors (Lipinski definition) is 5. The lowest BCUT2D eigenvalue weighted by atomic mass is 9.78. The van der Waals surface area contributed by atoms with E-state index in [1.165, 1.54) is 42.1 Å². The molecule has 1 saturated carbocycles. The maximum absolute atomic E-state index is 12.8. The predicted molar refractivity (Wildman–Crippen MR) is 108 cm³/mol. The number of rotatable bonds is 4. The summed E-state index contributed by atoms with van der Waals surface area (Å²) in [7, 11) is 0. The summed E-state index contributed by atoms with van der Waals surface area (Å²) in [5, 5.41) is 9.48. The second-order valence-corrected chi connectivity index (χ2v) is 8.70. The van der Waals surface area contributed by atoms with Gasteiger partial charge in [0.15, 0.2) is 5.82 Å². The maximum atomic E-state index is 12.8. The Hall–Kier alpha value is -1.73. The van der Waals surface area contributed by atoms with Crippen molar-refractivity contribution in [1.29, 1.82) is 0 Å². The number of amides is 1. The van der Waals surface area contributed by atoms with Crippen molar-refractivity contribution >= 4 is 29.3 Å². The van der Waals surface area contributed by atoms with Gasteiger partial charge in [-0.2, -0.15) is 0 Å². The summed E-state index contributed by atoms with van der Waals surface area (Å²) < 4.78 is 1.43. The van der Waals surface area contributed by atoms with Gasteiger partial charge in [0, 0.05) is 23.2 Å². The first-order valence-electron chi connectivity index (χ1n) is 9.52. The zero-order valence-electron chi connectivity index (χ0n) is 15.2. The van der Waals surface area contributed by atoms with Gasteiger partial charge in [0.05, 0.1) is 5.75 Å². The molecule has 6 nitrogen and oxygen atoms in total. The first-order valence-corrected chi connectivity index (χ1v) is 10.9. The van der Waals surface area contributed by atoms with Crippen LogP contribution in [0.4, 0.5) is 0 Å². The van der Waals surface area contributed by atoms with Gasteiger partial charge >= 0.3 is 0 Å². The quantitative estimate of drug-likeness (QED) is 0.621. The van der Waals surface area contributed by atoms with Gasteiger partial charge < -0.3 is 10.7 Å². The van der Waals surface area contributed by atoms with Crippen LogP contribution in [0.1, 0.15) is 38.5 Å². The van der Waals surface area contributed by atoms with Crippen molar-refractivity contribution in [2.45, 2.75) is 49.7 Å². The lowest BCUT2D eigenvalue weighted by Crippen LogP contribution is -2.50. The Balaban J connectivity index is 1.42. The van der Waals surface area contributed by atoms with E-state index in [4.69, 9.17) is 17.4 Å². The number of carbonyl (C=O) groups excluding carboxylic acids is 1. The fraction of sp³-hybridized carbons (Fsp3) is 0.526. The molecule has 1 aliphatic heterocycles. The summed E-state index contributed by atoms with van der Waals surface area (Å²) in [6.07, 6.45) is 7.33. The molecule has 144 valence electrons. The number of aromatic nitrogens is 3. The Morgan fingerprint density at radius 1 is 1.22 bits per heavy atom. The van der Waals surface area contributed by atoms with Gasteiger partial charge in [0.1, 0.15) is 0 Å². The smallest absolute Gasteiger partial charge is 0.233 e. The van der Waals surface area contributed by atoms with E-state index in [0.29, 0.717) is 33.7 Å². The highest BCUT2D eigenvalue weighted by Gasteiger charge is 2.35. The van der Waals surface area contributed by atoms with E-state index in [1.54, 1.807) is 12.1 Å². The van der Waals surface area contributed by atoms with Gasteiger partial charge in [-0.05, 0) is 43.7 Å². The normalized spacial score (nSPS) is 22.5. The minimum absolute atomic E-state index is 0.184. The molecule has 0 unspecified atom stereocenters. The van der Waals surface area contributed by atoms with Gasteiger partial charge in [0.25, 0.3) is 0 Å². The van der Waals surface area contributed by atoms with Crippen molar-refractivity contribution in [2.24, 2.45) is 5.92 Å². The molecule has 2 fully saturated rings. The molecule has 8 heteroatoms. The molecule has 0 spiro atoms. The number of fused-ring (bicyclic) bond motifs is 1. The summed E-state index contributed by atoms with van der Waals surface area (Å²) in [4.78, 5) is 15.0. The van der Waals surface area contributed by atoms with Crippen molar-refractivity contribution in [1.82, 2.24) is 19.8 Å². The number of benzene rings is 1. The van der Waals surface area contributed by atoms with E-state index in [1.807, 2.05) is 12.1 Å². The van der Waals surface area contributed by atoms with Crippen LogP contribution < -0.4 is 5.84 Å². The monoisotopic (exact) mass is 405 g/mol. The van der Waals surface area contributed by atoms with E-state index in [2.05, 4.69) is 15.1 Å². The van der Waals surface area contributed by atoms with Crippen LogP contribution in [0.5, 0.6) is 0 Å².